The normalized spacial score (nSPS) is 30.2. The van der Waals surface area contributed by atoms with Gasteiger partial charge in [0.15, 0.2) is 0 Å². The number of aryl methyl sites for hydroxylation is 2. The molecule has 0 saturated heterocycles. The second kappa shape index (κ2) is 4.15. The van der Waals surface area contributed by atoms with Crippen LogP contribution in [0.2, 0.25) is 0 Å². The van der Waals surface area contributed by atoms with E-state index in [9.17, 15) is 10.4 Å². The van der Waals surface area contributed by atoms with Crippen LogP contribution in [-0.2, 0) is 7.05 Å². The Morgan fingerprint density at radius 2 is 2.41 bits per heavy atom. The van der Waals surface area contributed by atoms with Crippen molar-refractivity contribution in [1.82, 2.24) is 9.78 Å². The Bertz CT molecular complexity index is 460. The molecular weight excluding hydrogens is 214 g/mol. The monoisotopic (exact) mass is 233 g/mol. The van der Waals surface area contributed by atoms with E-state index in [1.807, 2.05) is 20.2 Å². The molecule has 3 unspecified atom stereocenters. The molecule has 1 heterocycles. The molecule has 0 spiro atoms. The number of hydrogen-bond acceptors (Lipinski definition) is 3. The first-order valence-electron chi connectivity index (χ1n) is 6.08. The summed E-state index contributed by atoms with van der Waals surface area (Å²) < 4.78 is 1.69. The molecule has 4 nitrogen and oxygen atoms in total. The Kier molecular flexibility index (Phi) is 2.96. The summed E-state index contributed by atoms with van der Waals surface area (Å²) in [6, 6.07) is 2.36. The fourth-order valence-electron chi connectivity index (χ4n) is 2.92. The van der Waals surface area contributed by atoms with Crippen LogP contribution in [0.25, 0.3) is 0 Å². The zero-order chi connectivity index (χ0) is 12.6. The number of rotatable bonds is 2. The van der Waals surface area contributed by atoms with E-state index in [-0.39, 0.29) is 0 Å². The van der Waals surface area contributed by atoms with E-state index in [1.165, 1.54) is 0 Å². The number of nitrogens with zero attached hydrogens (tertiary/aromatic N) is 3. The molecule has 1 aromatic heterocycles. The first-order chi connectivity index (χ1) is 7.98. The van der Waals surface area contributed by atoms with Crippen LogP contribution in [0.4, 0.5) is 0 Å². The Morgan fingerprint density at radius 1 is 1.71 bits per heavy atom. The molecule has 0 amide bonds. The fourth-order valence-corrected chi connectivity index (χ4v) is 2.92. The lowest BCUT2D eigenvalue weighted by Crippen LogP contribution is -2.24. The smallest absolute Gasteiger partial charge is 0.101 e. The molecule has 17 heavy (non-hydrogen) atoms. The van der Waals surface area contributed by atoms with Crippen molar-refractivity contribution in [3.05, 3.63) is 17.5 Å². The predicted molar refractivity (Wildman–Crippen MR) is 64.0 cm³/mol. The first-order valence-corrected chi connectivity index (χ1v) is 6.08. The summed E-state index contributed by atoms with van der Waals surface area (Å²) in [7, 11) is 1.83. The van der Waals surface area contributed by atoms with E-state index in [4.69, 9.17) is 0 Å². The zero-order valence-corrected chi connectivity index (χ0v) is 10.6. The van der Waals surface area contributed by atoms with Crippen molar-refractivity contribution < 1.29 is 5.11 Å². The summed E-state index contributed by atoms with van der Waals surface area (Å²) in [6.07, 6.45) is 3.68. The molecule has 1 aliphatic carbocycles. The van der Waals surface area contributed by atoms with E-state index in [0.29, 0.717) is 5.92 Å². The highest BCUT2D eigenvalue weighted by molar-refractivity contribution is 5.25. The van der Waals surface area contributed by atoms with Crippen molar-refractivity contribution in [3.8, 4) is 6.07 Å². The Hall–Kier alpha value is -1.34. The third kappa shape index (κ3) is 1.96. The van der Waals surface area contributed by atoms with Crippen LogP contribution in [0.15, 0.2) is 6.20 Å². The van der Waals surface area contributed by atoms with Crippen LogP contribution in [-0.4, -0.2) is 14.9 Å². The molecule has 3 atom stereocenters. The van der Waals surface area contributed by atoms with Gasteiger partial charge < -0.3 is 5.11 Å². The van der Waals surface area contributed by atoms with Gasteiger partial charge >= 0.3 is 0 Å². The molecule has 1 fully saturated rings. The van der Waals surface area contributed by atoms with E-state index in [1.54, 1.807) is 4.68 Å². The molecule has 4 heteroatoms. The van der Waals surface area contributed by atoms with Gasteiger partial charge in [0.05, 0.1) is 17.2 Å². The van der Waals surface area contributed by atoms with Gasteiger partial charge in [-0.1, -0.05) is 6.92 Å². The largest absolute Gasteiger partial charge is 0.387 e. The van der Waals surface area contributed by atoms with Gasteiger partial charge in [0.1, 0.15) is 6.10 Å². The van der Waals surface area contributed by atoms with Gasteiger partial charge in [-0.25, -0.2) is 0 Å². The van der Waals surface area contributed by atoms with Crippen LogP contribution in [0.1, 0.15) is 43.5 Å². The van der Waals surface area contributed by atoms with Crippen LogP contribution in [0.5, 0.6) is 0 Å². The number of aliphatic hydroxyl groups is 1. The Morgan fingerprint density at radius 3 is 2.82 bits per heavy atom. The highest BCUT2D eigenvalue weighted by Gasteiger charge is 2.45. The second-order valence-electron chi connectivity index (χ2n) is 5.36. The summed E-state index contributed by atoms with van der Waals surface area (Å²) in [5, 5.41) is 24.2. The highest BCUT2D eigenvalue weighted by atomic mass is 16.3. The average molecular weight is 233 g/mol. The Labute approximate surface area is 102 Å². The summed E-state index contributed by atoms with van der Waals surface area (Å²) in [6.45, 7) is 4.02. The van der Waals surface area contributed by atoms with Crippen LogP contribution < -0.4 is 0 Å². The quantitative estimate of drug-likeness (QED) is 0.850. The number of hydrogen-bond donors (Lipinski definition) is 1. The lowest BCUT2D eigenvalue weighted by molar-refractivity contribution is 0.0641. The van der Waals surface area contributed by atoms with Crippen molar-refractivity contribution in [2.45, 2.75) is 39.2 Å². The molecule has 0 radical (unpaired) electrons. The van der Waals surface area contributed by atoms with Crippen LogP contribution in [0.3, 0.4) is 0 Å². The summed E-state index contributed by atoms with van der Waals surface area (Å²) >= 11 is 0. The lowest BCUT2D eigenvalue weighted by atomic mass is 9.78. The third-order valence-corrected chi connectivity index (χ3v) is 3.89. The maximum absolute atomic E-state index is 10.5. The van der Waals surface area contributed by atoms with Crippen molar-refractivity contribution >= 4 is 0 Å². The first kappa shape index (κ1) is 12.1. The Balaban J connectivity index is 2.33. The van der Waals surface area contributed by atoms with Crippen molar-refractivity contribution in [3.63, 3.8) is 0 Å². The minimum absolute atomic E-state index is 0.515. The van der Waals surface area contributed by atoms with Crippen molar-refractivity contribution in [2.75, 3.05) is 0 Å². The van der Waals surface area contributed by atoms with E-state index < -0.39 is 11.5 Å². The molecule has 92 valence electrons. The number of aliphatic hydroxyl groups excluding tert-OH is 1. The summed E-state index contributed by atoms with van der Waals surface area (Å²) in [4.78, 5) is 0. The fraction of sp³-hybridized carbons (Fsp3) is 0.692. The second-order valence-corrected chi connectivity index (χ2v) is 5.36. The van der Waals surface area contributed by atoms with Crippen molar-refractivity contribution in [2.24, 2.45) is 18.4 Å². The molecule has 1 N–H and O–H groups in total. The van der Waals surface area contributed by atoms with Gasteiger partial charge in [-0.2, -0.15) is 10.4 Å². The molecule has 1 aromatic rings. The van der Waals surface area contributed by atoms with Gasteiger partial charge in [-0.05, 0) is 32.1 Å². The minimum atomic E-state index is -0.717. The molecule has 1 saturated carbocycles. The maximum atomic E-state index is 10.5. The maximum Gasteiger partial charge on any atom is 0.101 e. The van der Waals surface area contributed by atoms with Crippen LogP contribution >= 0.6 is 0 Å². The molecule has 2 rings (SSSR count). The zero-order valence-electron chi connectivity index (χ0n) is 10.6. The summed E-state index contributed by atoms with van der Waals surface area (Å²) in [5.74, 6) is 0.515. The van der Waals surface area contributed by atoms with Crippen LogP contribution in [0, 0.1) is 29.6 Å². The van der Waals surface area contributed by atoms with Crippen molar-refractivity contribution in [1.29, 1.82) is 5.26 Å². The average Bonchev–Trinajstić information content (AvgIpc) is 2.82. The molecular formula is C13H19N3O. The van der Waals surface area contributed by atoms with Gasteiger partial charge in [0.2, 0.25) is 0 Å². The number of aromatic nitrogens is 2. The minimum Gasteiger partial charge on any atom is -0.387 e. The molecule has 1 aliphatic rings. The lowest BCUT2D eigenvalue weighted by Gasteiger charge is -2.27. The predicted octanol–water partition coefficient (Wildman–Crippen LogP) is 2.09. The van der Waals surface area contributed by atoms with E-state index in [2.05, 4.69) is 18.1 Å². The third-order valence-electron chi connectivity index (χ3n) is 3.89. The molecule has 0 aliphatic heterocycles. The van der Waals surface area contributed by atoms with E-state index >= 15 is 0 Å². The van der Waals surface area contributed by atoms with Gasteiger partial charge in [-0.3, -0.25) is 4.68 Å². The van der Waals surface area contributed by atoms with E-state index in [0.717, 1.165) is 30.5 Å². The SMILES string of the molecule is Cc1nn(C)cc1C(O)C1(C#N)CCC(C)C1. The highest BCUT2D eigenvalue weighted by Crippen LogP contribution is 2.49. The van der Waals surface area contributed by atoms with Gasteiger partial charge in [0.25, 0.3) is 0 Å². The van der Waals surface area contributed by atoms with Gasteiger partial charge in [-0.15, -0.1) is 0 Å². The topological polar surface area (TPSA) is 61.8 Å². The molecule has 0 aromatic carbocycles. The van der Waals surface area contributed by atoms with Gasteiger partial charge in [0, 0.05) is 18.8 Å². The number of nitriles is 1. The summed E-state index contributed by atoms with van der Waals surface area (Å²) in [5.41, 5.74) is 0.991. The standard InChI is InChI=1S/C13H19N3O/c1-9-4-5-13(6-9,8-14)12(17)11-7-16(3)15-10(11)2/h7,9,12,17H,4-6H2,1-3H3. The molecule has 0 bridgehead atoms.